The number of pyridine rings is 1. The molecule has 0 saturated heterocycles. The van der Waals surface area contributed by atoms with E-state index in [1.807, 2.05) is 0 Å². The molecule has 0 aromatic carbocycles. The first-order valence-electron chi connectivity index (χ1n) is 6.75. The fourth-order valence-electron chi connectivity index (χ4n) is 2.47. The van der Waals surface area contributed by atoms with E-state index in [9.17, 15) is 22.4 Å². The smallest absolute Gasteiger partial charge is 0.426 e. The quantitative estimate of drug-likeness (QED) is 0.463. The van der Waals surface area contributed by atoms with E-state index in [2.05, 4.69) is 4.98 Å². The first-order valence-corrected chi connectivity index (χ1v) is 7.13. The molecule has 0 bridgehead atoms. The van der Waals surface area contributed by atoms with Gasteiger partial charge in [-0.25, -0.2) is 4.98 Å². The summed E-state index contributed by atoms with van der Waals surface area (Å²) in [5.74, 6) is -2.72. The van der Waals surface area contributed by atoms with Gasteiger partial charge in [-0.3, -0.25) is 4.79 Å². The summed E-state index contributed by atoms with van der Waals surface area (Å²) >= 11 is 5.21. The van der Waals surface area contributed by atoms with E-state index in [1.165, 1.54) is 12.3 Å². The fraction of sp³-hybridized carbons (Fsp3) is 0.467. The Labute approximate surface area is 135 Å². The second-order valence-electron chi connectivity index (χ2n) is 5.93. The number of nitrogens with zero attached hydrogens (tertiary/aromatic N) is 1. The van der Waals surface area contributed by atoms with Crippen molar-refractivity contribution in [3.05, 3.63) is 40.9 Å². The van der Waals surface area contributed by atoms with Crippen LogP contribution < -0.4 is 0 Å². The van der Waals surface area contributed by atoms with Gasteiger partial charge in [-0.15, -0.1) is 0 Å². The molecule has 23 heavy (non-hydrogen) atoms. The third kappa shape index (κ3) is 4.02. The van der Waals surface area contributed by atoms with Gasteiger partial charge in [-0.1, -0.05) is 31.5 Å². The lowest BCUT2D eigenvalue weighted by atomic mass is 10.1. The number of hydrogen-bond acceptors (Lipinski definition) is 3. The van der Waals surface area contributed by atoms with Crippen molar-refractivity contribution in [1.29, 1.82) is 0 Å². The number of carbonyl (C=O) groups excluding carboxylic acids is 1. The summed E-state index contributed by atoms with van der Waals surface area (Å²) in [6, 6.07) is 2.59. The average molecular weight is 352 g/mol. The second kappa shape index (κ2) is 6.11. The van der Waals surface area contributed by atoms with Gasteiger partial charge in [0.25, 0.3) is 0 Å². The van der Waals surface area contributed by atoms with Crippen molar-refractivity contribution in [3.63, 3.8) is 0 Å². The monoisotopic (exact) mass is 351 g/mol. The minimum Gasteiger partial charge on any atom is -0.461 e. The van der Waals surface area contributed by atoms with Gasteiger partial charge in [0.15, 0.2) is 0 Å². The first kappa shape index (κ1) is 17.7. The minimum absolute atomic E-state index is 0.172. The molecule has 3 nitrogen and oxygen atoms in total. The molecule has 126 valence electrons. The van der Waals surface area contributed by atoms with Crippen LogP contribution in [0.1, 0.15) is 19.4 Å². The van der Waals surface area contributed by atoms with Gasteiger partial charge in [-0.05, 0) is 29.0 Å². The minimum atomic E-state index is -4.64. The standard InChI is InChI=1S/C15H14ClF4NO2/c1-14(2)9(6-10(16)15(18,19)20)12(14)13(22)23-7-8-3-4-21-11(17)5-8/h3-6,9,12H,7H2,1-2H3/t9-,12-/m1/s1. The van der Waals surface area contributed by atoms with Crippen molar-refractivity contribution in [1.82, 2.24) is 4.98 Å². The van der Waals surface area contributed by atoms with Crippen LogP contribution >= 0.6 is 11.6 Å². The van der Waals surface area contributed by atoms with Crippen molar-refractivity contribution < 1.29 is 27.1 Å². The van der Waals surface area contributed by atoms with E-state index < -0.39 is 40.4 Å². The van der Waals surface area contributed by atoms with Crippen molar-refractivity contribution in [3.8, 4) is 0 Å². The molecule has 2 rings (SSSR count). The van der Waals surface area contributed by atoms with E-state index >= 15 is 0 Å². The van der Waals surface area contributed by atoms with Crippen LogP contribution in [0.3, 0.4) is 0 Å². The zero-order valence-electron chi connectivity index (χ0n) is 12.3. The molecule has 1 heterocycles. The normalized spacial score (nSPS) is 23.5. The lowest BCUT2D eigenvalue weighted by Gasteiger charge is -2.05. The molecule has 1 aliphatic carbocycles. The topological polar surface area (TPSA) is 39.2 Å². The molecule has 0 radical (unpaired) electrons. The van der Waals surface area contributed by atoms with Crippen LogP contribution in [-0.4, -0.2) is 17.1 Å². The van der Waals surface area contributed by atoms with E-state index in [0.717, 1.165) is 12.1 Å². The molecule has 1 aliphatic rings. The van der Waals surface area contributed by atoms with Crippen LogP contribution in [0.15, 0.2) is 29.4 Å². The summed E-state index contributed by atoms with van der Waals surface area (Å²) in [4.78, 5) is 15.4. The SMILES string of the molecule is CC1(C)[C@H](C=C(Cl)C(F)(F)F)[C@@H]1C(=O)OCc1ccnc(F)c1. The van der Waals surface area contributed by atoms with Crippen molar-refractivity contribution in [2.24, 2.45) is 17.3 Å². The highest BCUT2D eigenvalue weighted by molar-refractivity contribution is 6.30. The maximum Gasteiger partial charge on any atom is 0.426 e. The molecule has 0 amide bonds. The third-order valence-corrected chi connectivity index (χ3v) is 4.27. The molecule has 1 fully saturated rings. The zero-order chi connectivity index (χ0) is 17.4. The molecule has 0 spiro atoms. The number of allylic oxidation sites excluding steroid dienone is 2. The van der Waals surface area contributed by atoms with Crippen LogP contribution in [0.5, 0.6) is 0 Å². The Morgan fingerprint density at radius 1 is 1.48 bits per heavy atom. The summed E-state index contributed by atoms with van der Waals surface area (Å²) < 4.78 is 55.4. The van der Waals surface area contributed by atoms with Crippen LogP contribution in [0.4, 0.5) is 17.6 Å². The van der Waals surface area contributed by atoms with Crippen LogP contribution in [-0.2, 0) is 16.1 Å². The molecule has 1 saturated carbocycles. The maximum absolute atomic E-state index is 12.9. The molecular formula is C15H14ClF4NO2. The van der Waals surface area contributed by atoms with E-state index in [1.54, 1.807) is 13.8 Å². The summed E-state index contributed by atoms with van der Waals surface area (Å²) in [5.41, 5.74) is -0.267. The van der Waals surface area contributed by atoms with Crippen LogP contribution in [0.25, 0.3) is 0 Å². The Kier molecular flexibility index (Phi) is 4.71. The van der Waals surface area contributed by atoms with Gasteiger partial charge in [0.2, 0.25) is 5.95 Å². The van der Waals surface area contributed by atoms with Crippen molar-refractivity contribution >= 4 is 17.6 Å². The number of aromatic nitrogens is 1. The number of halogens is 5. The summed E-state index contributed by atoms with van der Waals surface area (Å²) in [6.07, 6.45) is -2.56. The summed E-state index contributed by atoms with van der Waals surface area (Å²) in [5, 5.41) is -1.25. The number of carbonyl (C=O) groups is 1. The van der Waals surface area contributed by atoms with Crippen LogP contribution in [0.2, 0.25) is 0 Å². The van der Waals surface area contributed by atoms with Gasteiger partial charge in [0, 0.05) is 6.20 Å². The number of hydrogen-bond donors (Lipinski definition) is 0. The van der Waals surface area contributed by atoms with Gasteiger partial charge in [-0.2, -0.15) is 17.6 Å². The average Bonchev–Trinajstić information content (AvgIpc) is 2.96. The highest BCUT2D eigenvalue weighted by Gasteiger charge is 2.62. The Morgan fingerprint density at radius 2 is 2.13 bits per heavy atom. The predicted octanol–water partition coefficient (Wildman–Crippen LogP) is 4.22. The molecular weight excluding hydrogens is 338 g/mol. The predicted molar refractivity (Wildman–Crippen MR) is 74.7 cm³/mol. The number of ether oxygens (including phenoxy) is 1. The fourth-order valence-corrected chi connectivity index (χ4v) is 2.60. The molecule has 1 aromatic rings. The molecule has 0 N–H and O–H groups in total. The third-order valence-electron chi connectivity index (χ3n) is 3.93. The Balaban J connectivity index is 2.00. The molecule has 0 aliphatic heterocycles. The largest absolute Gasteiger partial charge is 0.461 e. The number of alkyl halides is 3. The van der Waals surface area contributed by atoms with Crippen molar-refractivity contribution in [2.75, 3.05) is 0 Å². The van der Waals surface area contributed by atoms with E-state index in [4.69, 9.17) is 16.3 Å². The Hall–Kier alpha value is -1.63. The lowest BCUT2D eigenvalue weighted by molar-refractivity contribution is -0.147. The molecule has 0 unspecified atom stereocenters. The van der Waals surface area contributed by atoms with E-state index in [0.29, 0.717) is 5.56 Å². The zero-order valence-corrected chi connectivity index (χ0v) is 13.1. The van der Waals surface area contributed by atoms with Crippen LogP contribution in [0, 0.1) is 23.2 Å². The molecule has 8 heteroatoms. The number of esters is 1. The van der Waals surface area contributed by atoms with E-state index in [-0.39, 0.29) is 6.61 Å². The molecule has 1 aromatic heterocycles. The second-order valence-corrected chi connectivity index (χ2v) is 6.34. The lowest BCUT2D eigenvalue weighted by Crippen LogP contribution is -2.11. The Morgan fingerprint density at radius 3 is 2.70 bits per heavy atom. The molecule has 2 atom stereocenters. The highest BCUT2D eigenvalue weighted by atomic mass is 35.5. The first-order chi connectivity index (χ1) is 10.5. The number of rotatable bonds is 4. The van der Waals surface area contributed by atoms with Gasteiger partial charge in [0.05, 0.1) is 5.92 Å². The maximum atomic E-state index is 12.9. The van der Waals surface area contributed by atoms with Gasteiger partial charge in [0.1, 0.15) is 11.6 Å². The Bertz CT molecular complexity index is 643. The summed E-state index contributed by atoms with van der Waals surface area (Å²) in [6.45, 7) is 3.15. The van der Waals surface area contributed by atoms with Crippen molar-refractivity contribution in [2.45, 2.75) is 26.6 Å². The summed E-state index contributed by atoms with van der Waals surface area (Å²) in [7, 11) is 0. The van der Waals surface area contributed by atoms with Gasteiger partial charge < -0.3 is 4.74 Å². The highest BCUT2D eigenvalue weighted by Crippen LogP contribution is 2.60. The van der Waals surface area contributed by atoms with Gasteiger partial charge >= 0.3 is 12.1 Å².